The molecule has 0 fully saturated rings. The number of carbonyl (C=O) groups is 1. The summed E-state index contributed by atoms with van der Waals surface area (Å²) >= 11 is 0. The molecule has 3 aromatic carbocycles. The number of para-hydroxylation sites is 1. The van der Waals surface area contributed by atoms with Gasteiger partial charge in [0.1, 0.15) is 17.2 Å². The lowest BCUT2D eigenvalue weighted by molar-refractivity contribution is -0.130. The van der Waals surface area contributed by atoms with Crippen molar-refractivity contribution in [2.45, 2.75) is 5.92 Å². The zero-order valence-corrected chi connectivity index (χ0v) is 15.9. The third kappa shape index (κ3) is 4.41. The minimum absolute atomic E-state index is 0.346. The number of carbonyl (C=O) groups excluding carboxylic acids is 1. The normalized spacial score (nSPS) is 10.4. The van der Waals surface area contributed by atoms with E-state index in [0.717, 1.165) is 22.6 Å². The number of methoxy groups -OCH3 is 2. The Labute approximate surface area is 165 Å². The van der Waals surface area contributed by atoms with Crippen molar-refractivity contribution in [3.63, 3.8) is 0 Å². The van der Waals surface area contributed by atoms with E-state index >= 15 is 0 Å². The Balaban J connectivity index is 1.94. The summed E-state index contributed by atoms with van der Waals surface area (Å²) in [4.78, 5) is 12.8. The van der Waals surface area contributed by atoms with Crippen molar-refractivity contribution in [3.05, 3.63) is 102 Å². The van der Waals surface area contributed by atoms with E-state index in [-0.39, 0.29) is 5.92 Å². The van der Waals surface area contributed by atoms with Crippen molar-refractivity contribution in [2.75, 3.05) is 14.2 Å². The SMILES string of the molecule is C=C(C(=O)Oc1ccccc1)C(c1ccc(OC)cc1)c1ccc(OC)cc1. The second-order valence-corrected chi connectivity index (χ2v) is 6.21. The predicted octanol–water partition coefficient (Wildman–Crippen LogP) is 5.00. The molecule has 3 aromatic rings. The summed E-state index contributed by atoms with van der Waals surface area (Å²) in [5.41, 5.74) is 2.18. The van der Waals surface area contributed by atoms with E-state index in [1.807, 2.05) is 66.7 Å². The smallest absolute Gasteiger partial charge is 0.339 e. The topological polar surface area (TPSA) is 44.8 Å². The maximum Gasteiger partial charge on any atom is 0.339 e. The molecule has 3 rings (SSSR count). The van der Waals surface area contributed by atoms with Crippen LogP contribution in [0.25, 0.3) is 0 Å². The van der Waals surface area contributed by atoms with E-state index in [1.165, 1.54) is 0 Å². The van der Waals surface area contributed by atoms with Gasteiger partial charge in [0.15, 0.2) is 0 Å². The van der Waals surface area contributed by atoms with Gasteiger partial charge in [0.2, 0.25) is 0 Å². The summed E-state index contributed by atoms with van der Waals surface area (Å²) in [5, 5.41) is 0. The van der Waals surface area contributed by atoms with E-state index < -0.39 is 5.97 Å². The van der Waals surface area contributed by atoms with Crippen molar-refractivity contribution in [3.8, 4) is 17.2 Å². The molecular weight excluding hydrogens is 352 g/mol. The zero-order chi connectivity index (χ0) is 19.9. The number of benzene rings is 3. The van der Waals surface area contributed by atoms with Gasteiger partial charge in [-0.1, -0.05) is 49.0 Å². The van der Waals surface area contributed by atoms with Gasteiger partial charge in [-0.15, -0.1) is 0 Å². The fraction of sp³-hybridized carbons (Fsp3) is 0.125. The maximum atomic E-state index is 12.8. The first-order chi connectivity index (χ1) is 13.6. The molecule has 0 amide bonds. The minimum Gasteiger partial charge on any atom is -0.497 e. The largest absolute Gasteiger partial charge is 0.497 e. The van der Waals surface area contributed by atoms with E-state index in [2.05, 4.69) is 6.58 Å². The van der Waals surface area contributed by atoms with Crippen molar-refractivity contribution in [2.24, 2.45) is 0 Å². The Morgan fingerprint density at radius 3 is 1.61 bits per heavy atom. The van der Waals surface area contributed by atoms with Gasteiger partial charge in [-0.2, -0.15) is 0 Å². The molecule has 0 bridgehead atoms. The highest BCUT2D eigenvalue weighted by Crippen LogP contribution is 2.34. The first-order valence-electron chi connectivity index (χ1n) is 8.86. The number of hydrogen-bond donors (Lipinski definition) is 0. The van der Waals surface area contributed by atoms with Gasteiger partial charge in [0, 0.05) is 11.5 Å². The highest BCUT2D eigenvalue weighted by molar-refractivity contribution is 5.92. The van der Waals surface area contributed by atoms with Crippen LogP contribution < -0.4 is 14.2 Å². The summed E-state index contributed by atoms with van der Waals surface area (Å²) in [6.07, 6.45) is 0. The van der Waals surface area contributed by atoms with Crippen molar-refractivity contribution < 1.29 is 19.0 Å². The van der Waals surface area contributed by atoms with Gasteiger partial charge >= 0.3 is 5.97 Å². The summed E-state index contributed by atoms with van der Waals surface area (Å²) in [6.45, 7) is 4.05. The van der Waals surface area contributed by atoms with Crippen LogP contribution in [-0.2, 0) is 4.79 Å². The lowest BCUT2D eigenvalue weighted by Gasteiger charge is -2.20. The molecule has 0 aliphatic heterocycles. The van der Waals surface area contributed by atoms with Crippen LogP contribution in [0.15, 0.2) is 91.0 Å². The Morgan fingerprint density at radius 1 is 0.714 bits per heavy atom. The third-order valence-corrected chi connectivity index (χ3v) is 4.46. The van der Waals surface area contributed by atoms with Crippen LogP contribution in [0, 0.1) is 0 Å². The van der Waals surface area contributed by atoms with Crippen LogP contribution in [0.4, 0.5) is 0 Å². The summed E-state index contributed by atoms with van der Waals surface area (Å²) in [5.74, 6) is 1.15. The van der Waals surface area contributed by atoms with Crippen LogP contribution in [0.2, 0.25) is 0 Å². The monoisotopic (exact) mass is 374 g/mol. The average Bonchev–Trinajstić information content (AvgIpc) is 2.75. The molecule has 4 nitrogen and oxygen atoms in total. The van der Waals surface area contributed by atoms with E-state index in [9.17, 15) is 4.79 Å². The van der Waals surface area contributed by atoms with E-state index in [1.54, 1.807) is 26.4 Å². The first-order valence-corrected chi connectivity index (χ1v) is 8.86. The lowest BCUT2D eigenvalue weighted by atomic mass is 9.85. The highest BCUT2D eigenvalue weighted by atomic mass is 16.5. The second kappa shape index (κ2) is 8.91. The van der Waals surface area contributed by atoms with Gasteiger partial charge in [0.05, 0.1) is 14.2 Å². The summed E-state index contributed by atoms with van der Waals surface area (Å²) in [7, 11) is 3.23. The van der Waals surface area contributed by atoms with Gasteiger partial charge in [-0.05, 0) is 47.5 Å². The van der Waals surface area contributed by atoms with Crippen LogP contribution in [0.5, 0.6) is 17.2 Å². The Hall–Kier alpha value is -3.53. The maximum absolute atomic E-state index is 12.8. The van der Waals surface area contributed by atoms with Crippen LogP contribution in [0.3, 0.4) is 0 Å². The minimum atomic E-state index is -0.470. The third-order valence-electron chi connectivity index (χ3n) is 4.46. The quantitative estimate of drug-likeness (QED) is 0.332. The number of ether oxygens (including phenoxy) is 3. The van der Waals surface area contributed by atoms with Crippen molar-refractivity contribution in [1.82, 2.24) is 0 Å². The van der Waals surface area contributed by atoms with Crippen molar-refractivity contribution >= 4 is 5.97 Å². The van der Waals surface area contributed by atoms with Crippen LogP contribution in [-0.4, -0.2) is 20.2 Å². The molecule has 0 saturated carbocycles. The molecule has 0 aliphatic carbocycles. The Kier molecular flexibility index (Phi) is 6.12. The van der Waals surface area contributed by atoms with Gasteiger partial charge in [0.25, 0.3) is 0 Å². The molecule has 0 N–H and O–H groups in total. The Bertz CT molecular complexity index is 881. The molecule has 28 heavy (non-hydrogen) atoms. The molecule has 0 aliphatic rings. The van der Waals surface area contributed by atoms with E-state index in [0.29, 0.717) is 11.3 Å². The number of hydrogen-bond acceptors (Lipinski definition) is 4. The fourth-order valence-electron chi connectivity index (χ4n) is 2.97. The summed E-state index contributed by atoms with van der Waals surface area (Å²) < 4.78 is 16.0. The van der Waals surface area contributed by atoms with Crippen LogP contribution in [0.1, 0.15) is 17.0 Å². The van der Waals surface area contributed by atoms with Gasteiger partial charge in [-0.25, -0.2) is 4.79 Å². The molecular formula is C24H22O4. The summed E-state index contributed by atoms with van der Waals surface area (Å²) in [6, 6.07) is 24.1. The molecule has 0 heterocycles. The second-order valence-electron chi connectivity index (χ2n) is 6.21. The molecule has 142 valence electrons. The number of rotatable bonds is 7. The molecule has 4 heteroatoms. The molecule has 0 radical (unpaired) electrons. The molecule has 0 saturated heterocycles. The van der Waals surface area contributed by atoms with E-state index in [4.69, 9.17) is 14.2 Å². The molecule has 0 spiro atoms. The van der Waals surface area contributed by atoms with Crippen molar-refractivity contribution in [1.29, 1.82) is 0 Å². The predicted molar refractivity (Wildman–Crippen MR) is 109 cm³/mol. The zero-order valence-electron chi connectivity index (χ0n) is 15.9. The molecule has 0 aromatic heterocycles. The molecule has 0 atom stereocenters. The van der Waals surface area contributed by atoms with Gasteiger partial charge < -0.3 is 14.2 Å². The first kappa shape index (κ1) is 19.2. The fourth-order valence-corrected chi connectivity index (χ4v) is 2.97. The standard InChI is InChI=1S/C24H22O4/c1-17(24(25)28-22-7-5-4-6-8-22)23(18-9-13-20(26-2)14-10-18)19-11-15-21(27-3)16-12-19/h4-16,23H,1H2,2-3H3. The van der Waals surface area contributed by atoms with Gasteiger partial charge in [-0.3, -0.25) is 0 Å². The number of esters is 1. The highest BCUT2D eigenvalue weighted by Gasteiger charge is 2.24. The molecule has 0 unspecified atom stereocenters. The Morgan fingerprint density at radius 2 is 1.18 bits per heavy atom. The van der Waals surface area contributed by atoms with Crippen LogP contribution >= 0.6 is 0 Å². The average molecular weight is 374 g/mol. The lowest BCUT2D eigenvalue weighted by Crippen LogP contribution is -2.17.